The molecule has 8 N–H and O–H groups in total. The van der Waals surface area contributed by atoms with E-state index in [0.717, 1.165) is 0 Å². The quantitative estimate of drug-likeness (QED) is 0.282. The summed E-state index contributed by atoms with van der Waals surface area (Å²) in [7, 11) is 0. The number of carboxylic acid groups (broad SMARTS) is 2. The Morgan fingerprint density at radius 1 is 1.00 bits per heavy atom. The van der Waals surface area contributed by atoms with Gasteiger partial charge in [0.2, 0.25) is 0 Å². The molecule has 15 heavy (non-hydrogen) atoms. The van der Waals surface area contributed by atoms with Gasteiger partial charge >= 0.3 is 11.9 Å². The minimum absolute atomic E-state index is 0.0628. The van der Waals surface area contributed by atoms with Crippen LogP contribution in [0.25, 0.3) is 0 Å². The fraction of sp³-hybridized carbons (Fsp3) is 0.750. The van der Waals surface area contributed by atoms with Crippen LogP contribution >= 0.6 is 0 Å². The lowest BCUT2D eigenvalue weighted by atomic mass is 10.2. The monoisotopic (exact) mass is 221 g/mol. The molecule has 0 aliphatic heterocycles. The highest BCUT2D eigenvalue weighted by Gasteiger charge is 1.99. The van der Waals surface area contributed by atoms with Crippen molar-refractivity contribution in [2.75, 3.05) is 6.54 Å². The molecule has 0 bridgehead atoms. The Bertz CT molecular complexity index is 169. The molecule has 0 rings (SSSR count). The van der Waals surface area contributed by atoms with Crippen molar-refractivity contribution in [1.29, 1.82) is 0 Å². The molecule has 0 heterocycles. The van der Waals surface area contributed by atoms with Crippen LogP contribution in [-0.4, -0.2) is 34.9 Å². The number of nitrogens with two attached hydrogens (primary N) is 3. The summed E-state index contributed by atoms with van der Waals surface area (Å²) in [5, 5.41) is 16.3. The molecule has 0 spiro atoms. The molecule has 0 fully saturated rings. The van der Waals surface area contributed by atoms with Gasteiger partial charge in [-0.1, -0.05) is 0 Å². The van der Waals surface area contributed by atoms with E-state index in [0.29, 0.717) is 19.4 Å². The Morgan fingerprint density at radius 3 is 1.40 bits per heavy atom. The maximum atomic E-state index is 9.90. The molecule has 0 amide bonds. The molecule has 0 aromatic heterocycles. The average molecular weight is 221 g/mol. The average Bonchev–Trinajstić information content (AvgIpc) is 2.13. The van der Waals surface area contributed by atoms with Crippen molar-refractivity contribution in [3.05, 3.63) is 0 Å². The maximum absolute atomic E-state index is 9.90. The van der Waals surface area contributed by atoms with Gasteiger partial charge in [0.05, 0.1) is 6.17 Å². The van der Waals surface area contributed by atoms with Crippen molar-refractivity contribution in [1.82, 2.24) is 0 Å². The van der Waals surface area contributed by atoms with E-state index in [4.69, 9.17) is 27.4 Å². The number of hydrogen-bond acceptors (Lipinski definition) is 5. The van der Waals surface area contributed by atoms with Crippen LogP contribution in [0.5, 0.6) is 0 Å². The van der Waals surface area contributed by atoms with E-state index in [1.54, 1.807) is 0 Å². The molecule has 0 aromatic rings. The van der Waals surface area contributed by atoms with Gasteiger partial charge in [0, 0.05) is 19.4 Å². The third kappa shape index (κ3) is 24.5. The number of unbranched alkanes of at least 4 members (excludes halogenated alkanes) is 1. The Balaban J connectivity index is 0. The van der Waals surface area contributed by atoms with Gasteiger partial charge in [0.1, 0.15) is 0 Å². The van der Waals surface area contributed by atoms with Crippen molar-refractivity contribution in [2.45, 2.75) is 31.8 Å². The molecule has 0 aliphatic rings. The summed E-state index contributed by atoms with van der Waals surface area (Å²) >= 11 is 0. The highest BCUT2D eigenvalue weighted by Crippen LogP contribution is 1.98. The van der Waals surface area contributed by atoms with Crippen LogP contribution in [0.15, 0.2) is 0 Å². The zero-order valence-electron chi connectivity index (χ0n) is 8.56. The first-order valence-corrected chi connectivity index (χ1v) is 4.55. The van der Waals surface area contributed by atoms with Gasteiger partial charge in [-0.15, -0.1) is 0 Å². The summed E-state index contributed by atoms with van der Waals surface area (Å²) in [4.78, 5) is 19.8. The fourth-order valence-electron chi connectivity index (χ4n) is 0.552. The standard InChI is InChI=1S/C6H10O4.C2H9N3/c7-5(8)3-1-2-4-6(9)10;3-1-2(4)5/h1-4H2,(H,7,8)(H,9,10);2H,1,3-5H2. The Labute approximate surface area is 88.2 Å². The van der Waals surface area contributed by atoms with E-state index >= 15 is 0 Å². The van der Waals surface area contributed by atoms with Crippen molar-refractivity contribution in [3.8, 4) is 0 Å². The highest BCUT2D eigenvalue weighted by molar-refractivity contribution is 5.67. The van der Waals surface area contributed by atoms with Crippen LogP contribution in [0.4, 0.5) is 0 Å². The minimum Gasteiger partial charge on any atom is -0.481 e. The molecular weight excluding hydrogens is 202 g/mol. The van der Waals surface area contributed by atoms with Gasteiger partial charge in [-0.2, -0.15) is 0 Å². The Hall–Kier alpha value is -1.18. The second-order valence-corrected chi connectivity index (χ2v) is 2.89. The molecule has 0 unspecified atom stereocenters. The van der Waals surface area contributed by atoms with Crippen LogP contribution in [0, 0.1) is 0 Å². The number of aliphatic carboxylic acids is 2. The molecular formula is C8H19N3O4. The van der Waals surface area contributed by atoms with Gasteiger partial charge < -0.3 is 27.4 Å². The molecule has 0 atom stereocenters. The molecule has 90 valence electrons. The lowest BCUT2D eigenvalue weighted by Crippen LogP contribution is -2.37. The zero-order chi connectivity index (χ0) is 12.3. The summed E-state index contributed by atoms with van der Waals surface area (Å²) in [6.45, 7) is 0.361. The van der Waals surface area contributed by atoms with Gasteiger partial charge in [0.15, 0.2) is 0 Å². The largest absolute Gasteiger partial charge is 0.481 e. The number of carboxylic acids is 2. The number of hydrogen-bond donors (Lipinski definition) is 5. The molecule has 0 aromatic carbocycles. The zero-order valence-corrected chi connectivity index (χ0v) is 8.56. The van der Waals surface area contributed by atoms with Crippen LogP contribution in [-0.2, 0) is 9.59 Å². The first-order valence-electron chi connectivity index (χ1n) is 4.55. The van der Waals surface area contributed by atoms with Crippen LogP contribution in [0.3, 0.4) is 0 Å². The Kier molecular flexibility index (Phi) is 11.8. The SMILES string of the molecule is NCC(N)N.O=C(O)CCCCC(=O)O. The molecule has 7 heteroatoms. The summed E-state index contributed by atoms with van der Waals surface area (Å²) in [6, 6.07) is 0. The van der Waals surface area contributed by atoms with Crippen LogP contribution in [0.2, 0.25) is 0 Å². The van der Waals surface area contributed by atoms with Crippen molar-refractivity contribution in [2.24, 2.45) is 17.2 Å². The minimum atomic E-state index is -0.870. The second kappa shape index (κ2) is 10.9. The van der Waals surface area contributed by atoms with Crippen LogP contribution < -0.4 is 17.2 Å². The van der Waals surface area contributed by atoms with Gasteiger partial charge in [-0.25, -0.2) is 0 Å². The maximum Gasteiger partial charge on any atom is 0.303 e. The Morgan fingerprint density at radius 2 is 1.27 bits per heavy atom. The summed E-state index contributed by atoms with van der Waals surface area (Å²) in [6.07, 6.45) is 0.680. The van der Waals surface area contributed by atoms with Gasteiger partial charge in [-0.05, 0) is 12.8 Å². The predicted octanol–water partition coefficient (Wildman–Crippen LogP) is -1.10. The van der Waals surface area contributed by atoms with Crippen molar-refractivity contribution < 1.29 is 19.8 Å². The third-order valence-corrected chi connectivity index (χ3v) is 1.30. The smallest absolute Gasteiger partial charge is 0.303 e. The normalized spacial score (nSPS) is 9.33. The topological polar surface area (TPSA) is 153 Å². The van der Waals surface area contributed by atoms with Gasteiger partial charge in [-0.3, -0.25) is 9.59 Å². The summed E-state index contributed by atoms with van der Waals surface area (Å²) in [5.41, 5.74) is 14.8. The number of rotatable bonds is 6. The second-order valence-electron chi connectivity index (χ2n) is 2.89. The van der Waals surface area contributed by atoms with E-state index < -0.39 is 11.9 Å². The van der Waals surface area contributed by atoms with E-state index in [2.05, 4.69) is 0 Å². The molecule has 0 saturated heterocycles. The van der Waals surface area contributed by atoms with Crippen LogP contribution in [0.1, 0.15) is 25.7 Å². The van der Waals surface area contributed by atoms with E-state index in [9.17, 15) is 9.59 Å². The summed E-state index contributed by atoms with van der Waals surface area (Å²) < 4.78 is 0. The predicted molar refractivity (Wildman–Crippen MR) is 55.0 cm³/mol. The third-order valence-electron chi connectivity index (χ3n) is 1.30. The molecule has 0 aliphatic carbocycles. The molecule has 0 saturated carbocycles. The first kappa shape index (κ1) is 16.3. The fourth-order valence-corrected chi connectivity index (χ4v) is 0.552. The lowest BCUT2D eigenvalue weighted by Gasteiger charge is -1.93. The lowest BCUT2D eigenvalue weighted by molar-refractivity contribution is -0.139. The molecule has 0 radical (unpaired) electrons. The summed E-state index contributed by atoms with van der Waals surface area (Å²) in [5.74, 6) is -1.74. The van der Waals surface area contributed by atoms with Crippen molar-refractivity contribution in [3.63, 3.8) is 0 Å². The van der Waals surface area contributed by atoms with E-state index in [1.807, 2.05) is 0 Å². The van der Waals surface area contributed by atoms with Gasteiger partial charge in [0.25, 0.3) is 0 Å². The molecule has 7 nitrogen and oxygen atoms in total. The number of carbonyl (C=O) groups is 2. The highest BCUT2D eigenvalue weighted by atomic mass is 16.4. The van der Waals surface area contributed by atoms with E-state index in [-0.39, 0.29) is 19.0 Å². The van der Waals surface area contributed by atoms with E-state index in [1.165, 1.54) is 0 Å². The van der Waals surface area contributed by atoms with Crippen molar-refractivity contribution >= 4 is 11.9 Å². The first-order chi connectivity index (χ1) is 6.90.